The Kier molecular flexibility index (Phi) is 12.4. The van der Waals surface area contributed by atoms with Crippen molar-refractivity contribution in [2.24, 2.45) is 22.7 Å². The van der Waals surface area contributed by atoms with Crippen LogP contribution in [0.15, 0.2) is 73.1 Å². The number of benzene rings is 3. The first-order chi connectivity index (χ1) is 33.2. The number of likely N-dealkylation sites (tertiary alicyclic amines) is 2. The van der Waals surface area contributed by atoms with E-state index in [9.17, 15) is 19.2 Å². The van der Waals surface area contributed by atoms with Gasteiger partial charge in [-0.2, -0.15) is 0 Å². The van der Waals surface area contributed by atoms with Crippen molar-refractivity contribution >= 4 is 24.2 Å². The zero-order chi connectivity index (χ0) is 48.4. The summed E-state index contributed by atoms with van der Waals surface area (Å²) in [4.78, 5) is 68.2. The molecule has 4 N–H and O–H groups in total. The number of nitrogens with one attached hydrogen (secondary N) is 4. The third kappa shape index (κ3) is 9.14. The van der Waals surface area contributed by atoms with Crippen LogP contribution in [0.2, 0.25) is 0 Å². The number of H-pyrrole nitrogens is 2. The molecule has 2 bridgehead atoms. The molecular formula is C56H68N8O5. The van der Waals surface area contributed by atoms with E-state index in [2.05, 4.69) is 93.2 Å². The maximum absolute atomic E-state index is 14.0. The van der Waals surface area contributed by atoms with Crippen molar-refractivity contribution in [3.8, 4) is 44.8 Å². The number of methoxy groups -OCH3 is 1. The quantitative estimate of drug-likeness (QED) is 0.0898. The highest BCUT2D eigenvalue weighted by Gasteiger charge is 2.55. The largest absolute Gasteiger partial charge is 0.453 e. The van der Waals surface area contributed by atoms with Gasteiger partial charge in [-0.25, -0.2) is 14.8 Å². The topological polar surface area (TPSA) is 165 Å². The number of imidazole rings is 2. The lowest BCUT2D eigenvalue weighted by Crippen LogP contribution is -2.51. The SMILES string of the molecule is CC(=O)NC(C=O)C(C)C.COC(=O)NC(C(=O)N1CC2(CC2)CC1c1ncc(-c2ccc(-c3ccc(-c4ccc(-c5cnc(C6CC7(CC7)CN6C)[nH]5)cc4)c4c3C3CCC4C3)cc2)[nH]1)C(C)C. The fourth-order valence-electron chi connectivity index (χ4n) is 12.1. The number of ether oxygens (including phenoxy) is 1. The Bertz CT molecular complexity index is 2730. The lowest BCUT2D eigenvalue weighted by Gasteiger charge is -2.30. The molecule has 5 aromatic rings. The molecule has 6 atom stereocenters. The van der Waals surface area contributed by atoms with Crippen LogP contribution in [0.3, 0.4) is 0 Å². The van der Waals surface area contributed by atoms with Gasteiger partial charge in [0, 0.05) is 20.0 Å². The Morgan fingerprint density at radius 3 is 1.64 bits per heavy atom. The number of carbonyl (C=O) groups is 4. The van der Waals surface area contributed by atoms with E-state index in [4.69, 9.17) is 14.7 Å². The van der Waals surface area contributed by atoms with Gasteiger partial charge in [0.15, 0.2) is 0 Å². The van der Waals surface area contributed by atoms with Crippen LogP contribution in [0.25, 0.3) is 44.8 Å². The first kappa shape index (κ1) is 46.6. The number of hydrogen-bond donors (Lipinski definition) is 4. The van der Waals surface area contributed by atoms with E-state index in [0.29, 0.717) is 29.8 Å². The summed E-state index contributed by atoms with van der Waals surface area (Å²) in [5.41, 5.74) is 13.4. The monoisotopic (exact) mass is 933 g/mol. The number of rotatable bonds is 12. The minimum Gasteiger partial charge on any atom is -0.453 e. The summed E-state index contributed by atoms with van der Waals surface area (Å²) >= 11 is 0. The van der Waals surface area contributed by atoms with Gasteiger partial charge in [-0.15, -0.1) is 0 Å². The van der Waals surface area contributed by atoms with E-state index in [0.717, 1.165) is 54.1 Å². The van der Waals surface area contributed by atoms with Gasteiger partial charge < -0.3 is 35.0 Å². The Labute approximate surface area is 406 Å². The summed E-state index contributed by atoms with van der Waals surface area (Å²) in [6.07, 6.45) is 14.9. The van der Waals surface area contributed by atoms with Crippen molar-refractivity contribution in [3.63, 3.8) is 0 Å². The number of carbonyl (C=O) groups excluding carboxylic acids is 4. The van der Waals surface area contributed by atoms with Gasteiger partial charge >= 0.3 is 6.09 Å². The fourth-order valence-corrected chi connectivity index (χ4v) is 12.1. The van der Waals surface area contributed by atoms with Crippen molar-refractivity contribution in [1.82, 2.24) is 40.4 Å². The zero-order valence-corrected chi connectivity index (χ0v) is 41.2. The highest BCUT2D eigenvalue weighted by Crippen LogP contribution is 2.60. The molecule has 5 fully saturated rings. The molecule has 69 heavy (non-hydrogen) atoms. The summed E-state index contributed by atoms with van der Waals surface area (Å²) in [5.74, 6) is 2.98. The smallest absolute Gasteiger partial charge is 0.407 e. The first-order valence-corrected chi connectivity index (χ1v) is 25.2. The van der Waals surface area contributed by atoms with E-state index in [1.807, 2.05) is 45.0 Å². The molecule has 13 heteroatoms. The average molecular weight is 933 g/mol. The van der Waals surface area contributed by atoms with Crippen LogP contribution in [0.1, 0.15) is 139 Å². The lowest BCUT2D eigenvalue weighted by atomic mass is 9.81. The summed E-state index contributed by atoms with van der Waals surface area (Å²) in [5, 5.41) is 5.30. The van der Waals surface area contributed by atoms with Gasteiger partial charge in [0.25, 0.3) is 0 Å². The van der Waals surface area contributed by atoms with E-state index >= 15 is 0 Å². The molecule has 0 radical (unpaired) electrons. The van der Waals surface area contributed by atoms with E-state index < -0.39 is 12.1 Å². The van der Waals surface area contributed by atoms with Crippen LogP contribution >= 0.6 is 0 Å². The molecular weight excluding hydrogens is 865 g/mol. The number of fused-ring (bicyclic) bond motifs is 5. The molecule has 6 unspecified atom stereocenters. The predicted octanol–water partition coefficient (Wildman–Crippen LogP) is 10.1. The molecule has 13 nitrogen and oxygen atoms in total. The number of hydrogen-bond acceptors (Lipinski definition) is 8. The third-order valence-corrected chi connectivity index (χ3v) is 16.4. The molecule has 4 aliphatic carbocycles. The van der Waals surface area contributed by atoms with E-state index in [1.165, 1.54) is 86.9 Å². The molecule has 2 aromatic heterocycles. The number of nitrogens with zero attached hydrogens (tertiary/aromatic N) is 4. The Morgan fingerprint density at radius 1 is 0.710 bits per heavy atom. The molecule has 2 aliphatic heterocycles. The second-order valence-corrected chi connectivity index (χ2v) is 22.0. The molecule has 3 saturated carbocycles. The second-order valence-electron chi connectivity index (χ2n) is 22.0. The minimum absolute atomic E-state index is 0.0767. The fraction of sp³-hybridized carbons (Fsp3) is 0.500. The van der Waals surface area contributed by atoms with E-state index in [-0.39, 0.29) is 41.1 Å². The Hall–Kier alpha value is -6.08. The first-order valence-electron chi connectivity index (χ1n) is 25.2. The molecule has 6 aliphatic rings. The molecule has 4 heterocycles. The number of amides is 3. The van der Waals surface area contributed by atoms with Crippen molar-refractivity contribution in [2.45, 2.75) is 128 Å². The molecule has 11 rings (SSSR count). The Morgan fingerprint density at radius 2 is 1.20 bits per heavy atom. The summed E-state index contributed by atoms with van der Waals surface area (Å²) in [6.45, 7) is 10.9. The average Bonchev–Trinajstić information content (AvgIpc) is 3.77. The van der Waals surface area contributed by atoms with Crippen LogP contribution in [0.4, 0.5) is 4.79 Å². The van der Waals surface area contributed by atoms with Crippen molar-refractivity contribution in [1.29, 1.82) is 0 Å². The number of alkyl carbamates (subject to hydrolysis) is 1. The summed E-state index contributed by atoms with van der Waals surface area (Å²) in [6, 6.07) is 22.0. The van der Waals surface area contributed by atoms with Gasteiger partial charge in [0.1, 0.15) is 24.0 Å². The molecule has 3 amide bonds. The molecule has 362 valence electrons. The van der Waals surface area contributed by atoms with Gasteiger partial charge in [0.2, 0.25) is 11.8 Å². The predicted molar refractivity (Wildman–Crippen MR) is 267 cm³/mol. The highest BCUT2D eigenvalue weighted by molar-refractivity contribution is 5.87. The number of aromatic nitrogens is 4. The summed E-state index contributed by atoms with van der Waals surface area (Å²) < 4.78 is 4.85. The molecule has 2 spiro atoms. The van der Waals surface area contributed by atoms with Crippen LogP contribution in [-0.2, 0) is 19.1 Å². The lowest BCUT2D eigenvalue weighted by molar-refractivity contribution is -0.135. The maximum atomic E-state index is 14.0. The van der Waals surface area contributed by atoms with Crippen molar-refractivity contribution < 1.29 is 23.9 Å². The van der Waals surface area contributed by atoms with Crippen LogP contribution < -0.4 is 10.6 Å². The molecule has 2 saturated heterocycles. The van der Waals surface area contributed by atoms with Crippen LogP contribution in [-0.4, -0.2) is 93.3 Å². The van der Waals surface area contributed by atoms with E-state index in [1.54, 1.807) is 11.1 Å². The number of aromatic amines is 2. The van der Waals surface area contributed by atoms with Crippen LogP contribution in [0, 0.1) is 22.7 Å². The minimum atomic E-state index is -0.660. The molecule has 3 aromatic carbocycles. The zero-order valence-electron chi connectivity index (χ0n) is 41.2. The van der Waals surface area contributed by atoms with Crippen LogP contribution in [0.5, 0.6) is 0 Å². The Balaban J connectivity index is 0.000000500. The van der Waals surface area contributed by atoms with Gasteiger partial charge in [-0.05, 0) is 144 Å². The van der Waals surface area contributed by atoms with Gasteiger partial charge in [-0.1, -0.05) is 88.4 Å². The van der Waals surface area contributed by atoms with Crippen molar-refractivity contribution in [3.05, 3.63) is 95.8 Å². The van der Waals surface area contributed by atoms with Crippen molar-refractivity contribution in [2.75, 3.05) is 27.2 Å². The number of aldehydes is 1. The normalized spacial score (nSPS) is 23.2. The second kappa shape index (κ2) is 18.3. The maximum Gasteiger partial charge on any atom is 0.407 e. The van der Waals surface area contributed by atoms with Gasteiger partial charge in [-0.3, -0.25) is 14.5 Å². The summed E-state index contributed by atoms with van der Waals surface area (Å²) in [7, 11) is 3.57. The standard InChI is InChI=1S/C49H55N7O3.C7H13NO2/c1-28(2)43(54-47(58)59-4)46(57)56-27-49(19-20-49)23-40(56)45-51-25-38(53-45)32-11-7-30(8-12-32)36-16-15-35(41-33-13-14-34(21-33)42(36)41)29-5-9-31(10-6-29)37-24-50-44(52-37)39-22-48(17-18-48)26-55(39)3;1-5(2)7(4-9)8-6(3)10/h5-12,15-16,24-25,28,33-34,39-40,43H,13-14,17-23,26-27H2,1-4H3,(H,50,52)(H,51,53)(H,54,58);4-5,7H,1-3H3,(H,8,10). The highest BCUT2D eigenvalue weighted by atomic mass is 16.5. The third-order valence-electron chi connectivity index (χ3n) is 16.4. The van der Waals surface area contributed by atoms with Gasteiger partial charge in [0.05, 0.1) is 49.0 Å².